The number of hydrogen-bond donors (Lipinski definition) is 2. The van der Waals surface area contributed by atoms with Gasteiger partial charge in [-0.3, -0.25) is 0 Å². The molecule has 0 heterocycles. The number of benzene rings is 1. The third-order valence-corrected chi connectivity index (χ3v) is 3.40. The lowest BCUT2D eigenvalue weighted by Crippen LogP contribution is -2.39. The summed E-state index contributed by atoms with van der Waals surface area (Å²) in [6, 6.07) is 7.52. The van der Waals surface area contributed by atoms with Gasteiger partial charge >= 0.3 is 0 Å². The molecular formula is C12H16ClNO. The van der Waals surface area contributed by atoms with Gasteiger partial charge in [-0.1, -0.05) is 23.7 Å². The Morgan fingerprint density at radius 3 is 2.60 bits per heavy atom. The summed E-state index contributed by atoms with van der Waals surface area (Å²) in [5.41, 5.74) is 6.08. The van der Waals surface area contributed by atoms with Crippen LogP contribution in [0.4, 0.5) is 0 Å². The predicted molar refractivity (Wildman–Crippen MR) is 61.8 cm³/mol. The van der Waals surface area contributed by atoms with E-state index in [0.29, 0.717) is 11.4 Å². The zero-order chi connectivity index (χ0) is 10.9. The van der Waals surface area contributed by atoms with Crippen LogP contribution in [-0.4, -0.2) is 11.1 Å². The smallest absolute Gasteiger partial charge is 0.0911 e. The van der Waals surface area contributed by atoms with Gasteiger partial charge in [-0.15, -0.1) is 0 Å². The molecular weight excluding hydrogens is 210 g/mol. The van der Waals surface area contributed by atoms with Gasteiger partial charge in [-0.05, 0) is 43.4 Å². The molecule has 3 N–H and O–H groups in total. The highest BCUT2D eigenvalue weighted by Gasteiger charge is 2.34. The van der Waals surface area contributed by atoms with Crippen LogP contribution < -0.4 is 5.73 Å². The number of hydrogen-bond acceptors (Lipinski definition) is 2. The monoisotopic (exact) mass is 225 g/mol. The quantitative estimate of drug-likeness (QED) is 0.771. The summed E-state index contributed by atoms with van der Waals surface area (Å²) in [6.07, 6.45) is 3.44. The molecule has 1 aromatic carbocycles. The molecule has 1 aromatic rings. The van der Waals surface area contributed by atoms with Crippen molar-refractivity contribution in [1.82, 2.24) is 0 Å². The summed E-state index contributed by atoms with van der Waals surface area (Å²) in [7, 11) is 0. The fraction of sp³-hybridized carbons (Fsp3) is 0.500. The second-order valence-electron chi connectivity index (χ2n) is 4.39. The topological polar surface area (TPSA) is 46.2 Å². The van der Waals surface area contributed by atoms with Gasteiger partial charge in [-0.25, -0.2) is 0 Å². The molecule has 1 saturated carbocycles. The number of rotatable bonds is 1. The van der Waals surface area contributed by atoms with E-state index < -0.39 is 5.60 Å². The SMILES string of the molecule is NC1CCCC(O)(c2ccc(Cl)cc2)C1. The molecule has 2 atom stereocenters. The highest BCUT2D eigenvalue weighted by atomic mass is 35.5. The maximum absolute atomic E-state index is 10.5. The van der Waals surface area contributed by atoms with Crippen molar-refractivity contribution >= 4 is 11.6 Å². The summed E-state index contributed by atoms with van der Waals surface area (Å²) >= 11 is 5.82. The molecule has 15 heavy (non-hydrogen) atoms. The minimum absolute atomic E-state index is 0.111. The molecule has 2 unspecified atom stereocenters. The van der Waals surface area contributed by atoms with Gasteiger partial charge < -0.3 is 10.8 Å². The number of halogens is 1. The first kappa shape index (κ1) is 10.9. The average molecular weight is 226 g/mol. The zero-order valence-electron chi connectivity index (χ0n) is 8.62. The minimum Gasteiger partial charge on any atom is -0.385 e. The Hall–Kier alpha value is -0.570. The van der Waals surface area contributed by atoms with Crippen LogP contribution in [0.5, 0.6) is 0 Å². The second kappa shape index (κ2) is 4.12. The van der Waals surface area contributed by atoms with Crippen molar-refractivity contribution in [2.75, 3.05) is 0 Å². The molecule has 82 valence electrons. The third kappa shape index (κ3) is 2.33. The Kier molecular flexibility index (Phi) is 3.01. The van der Waals surface area contributed by atoms with E-state index in [1.165, 1.54) is 0 Å². The second-order valence-corrected chi connectivity index (χ2v) is 4.83. The largest absolute Gasteiger partial charge is 0.385 e. The standard InChI is InChI=1S/C12H16ClNO/c13-10-5-3-9(4-6-10)12(15)7-1-2-11(14)8-12/h3-6,11,15H,1-2,7-8,14H2. The molecule has 2 nitrogen and oxygen atoms in total. The van der Waals surface area contributed by atoms with Crippen molar-refractivity contribution < 1.29 is 5.11 Å². The van der Waals surface area contributed by atoms with Gasteiger partial charge in [-0.2, -0.15) is 0 Å². The average Bonchev–Trinajstić information content (AvgIpc) is 2.18. The molecule has 0 radical (unpaired) electrons. The van der Waals surface area contributed by atoms with Crippen molar-refractivity contribution in [2.24, 2.45) is 5.73 Å². The molecule has 0 aliphatic heterocycles. The molecule has 0 bridgehead atoms. The van der Waals surface area contributed by atoms with Crippen LogP contribution in [0.1, 0.15) is 31.2 Å². The van der Waals surface area contributed by atoms with Crippen molar-refractivity contribution in [2.45, 2.75) is 37.3 Å². The van der Waals surface area contributed by atoms with E-state index in [1.54, 1.807) is 0 Å². The van der Waals surface area contributed by atoms with E-state index in [-0.39, 0.29) is 6.04 Å². The van der Waals surface area contributed by atoms with Crippen LogP contribution in [0.25, 0.3) is 0 Å². The summed E-state index contributed by atoms with van der Waals surface area (Å²) in [5.74, 6) is 0. The highest BCUT2D eigenvalue weighted by molar-refractivity contribution is 6.30. The van der Waals surface area contributed by atoms with E-state index >= 15 is 0 Å². The molecule has 1 aliphatic carbocycles. The molecule has 1 fully saturated rings. The van der Waals surface area contributed by atoms with E-state index in [0.717, 1.165) is 24.8 Å². The Bertz CT molecular complexity index is 338. The molecule has 0 amide bonds. The normalized spacial score (nSPS) is 31.5. The van der Waals surface area contributed by atoms with Crippen LogP contribution >= 0.6 is 11.6 Å². The van der Waals surface area contributed by atoms with E-state index in [9.17, 15) is 5.11 Å². The van der Waals surface area contributed by atoms with Crippen LogP contribution in [0.3, 0.4) is 0 Å². The van der Waals surface area contributed by atoms with Crippen molar-refractivity contribution in [3.05, 3.63) is 34.9 Å². The van der Waals surface area contributed by atoms with Gasteiger partial charge in [0, 0.05) is 11.1 Å². The van der Waals surface area contributed by atoms with Gasteiger partial charge in [0.1, 0.15) is 0 Å². The van der Waals surface area contributed by atoms with E-state index in [4.69, 9.17) is 17.3 Å². The minimum atomic E-state index is -0.748. The lowest BCUT2D eigenvalue weighted by atomic mass is 9.78. The lowest BCUT2D eigenvalue weighted by molar-refractivity contribution is -0.00716. The summed E-state index contributed by atoms with van der Waals surface area (Å²) < 4.78 is 0. The zero-order valence-corrected chi connectivity index (χ0v) is 9.37. The predicted octanol–water partition coefficient (Wildman–Crippen LogP) is 2.43. The molecule has 3 heteroatoms. The summed E-state index contributed by atoms with van der Waals surface area (Å²) in [6.45, 7) is 0. The Morgan fingerprint density at radius 2 is 2.00 bits per heavy atom. The maximum atomic E-state index is 10.5. The van der Waals surface area contributed by atoms with Gasteiger partial charge in [0.15, 0.2) is 0 Å². The van der Waals surface area contributed by atoms with Gasteiger partial charge in [0.2, 0.25) is 0 Å². The molecule has 0 spiro atoms. The van der Waals surface area contributed by atoms with Crippen molar-refractivity contribution in [1.29, 1.82) is 0 Å². The van der Waals surface area contributed by atoms with E-state index in [1.807, 2.05) is 24.3 Å². The van der Waals surface area contributed by atoms with E-state index in [2.05, 4.69) is 0 Å². The Labute approximate surface area is 95.1 Å². The molecule has 0 aromatic heterocycles. The number of nitrogens with two attached hydrogens (primary N) is 1. The lowest BCUT2D eigenvalue weighted by Gasteiger charge is -2.35. The Morgan fingerprint density at radius 1 is 1.33 bits per heavy atom. The maximum Gasteiger partial charge on any atom is 0.0911 e. The van der Waals surface area contributed by atoms with Crippen molar-refractivity contribution in [3.63, 3.8) is 0 Å². The first-order valence-electron chi connectivity index (χ1n) is 5.34. The first-order chi connectivity index (χ1) is 7.10. The van der Waals surface area contributed by atoms with Crippen LogP contribution in [0.15, 0.2) is 24.3 Å². The first-order valence-corrected chi connectivity index (χ1v) is 5.72. The summed E-state index contributed by atoms with van der Waals surface area (Å²) in [5, 5.41) is 11.2. The molecule has 1 aliphatic rings. The fourth-order valence-electron chi connectivity index (χ4n) is 2.32. The third-order valence-electron chi connectivity index (χ3n) is 3.15. The van der Waals surface area contributed by atoms with Crippen LogP contribution in [0, 0.1) is 0 Å². The molecule has 0 saturated heterocycles. The summed E-state index contributed by atoms with van der Waals surface area (Å²) in [4.78, 5) is 0. The van der Waals surface area contributed by atoms with Crippen LogP contribution in [-0.2, 0) is 5.60 Å². The highest BCUT2D eigenvalue weighted by Crippen LogP contribution is 2.36. The Balaban J connectivity index is 2.24. The number of aliphatic hydroxyl groups is 1. The molecule has 2 rings (SSSR count). The fourth-order valence-corrected chi connectivity index (χ4v) is 2.44. The van der Waals surface area contributed by atoms with Crippen LogP contribution in [0.2, 0.25) is 5.02 Å². The van der Waals surface area contributed by atoms with Gasteiger partial charge in [0.05, 0.1) is 5.60 Å². The van der Waals surface area contributed by atoms with Gasteiger partial charge in [0.25, 0.3) is 0 Å². The van der Waals surface area contributed by atoms with Crippen molar-refractivity contribution in [3.8, 4) is 0 Å².